The molecular weight excluding hydrogens is 232 g/mol. The second-order valence-electron chi connectivity index (χ2n) is 2.66. The number of ether oxygens (including phenoxy) is 3. The molecule has 0 aliphatic heterocycles. The molecule has 0 N–H and O–H groups in total. The lowest BCUT2D eigenvalue weighted by Gasteiger charge is -2.15. The summed E-state index contributed by atoms with van der Waals surface area (Å²) in [5.74, 6) is -2.73. The van der Waals surface area contributed by atoms with E-state index in [2.05, 4.69) is 14.2 Å². The van der Waals surface area contributed by atoms with Crippen molar-refractivity contribution >= 4 is 0 Å². The molecule has 0 saturated heterocycles. The van der Waals surface area contributed by atoms with Crippen LogP contribution in [0.5, 0.6) is 17.2 Å². The average molecular weight is 240 g/mol. The van der Waals surface area contributed by atoms with Crippen molar-refractivity contribution in [3.8, 4) is 17.2 Å². The lowest BCUT2D eigenvalue weighted by molar-refractivity contribution is -0.275. The van der Waals surface area contributed by atoms with Gasteiger partial charge in [-0.15, -0.1) is 13.2 Å². The van der Waals surface area contributed by atoms with Crippen LogP contribution >= 0.6 is 0 Å². The summed E-state index contributed by atoms with van der Waals surface area (Å²) in [6.45, 7) is 0. The van der Waals surface area contributed by atoms with E-state index < -0.39 is 23.7 Å². The van der Waals surface area contributed by atoms with Gasteiger partial charge in [0.05, 0.1) is 14.2 Å². The first-order valence-electron chi connectivity index (χ1n) is 4.05. The van der Waals surface area contributed by atoms with Gasteiger partial charge in [-0.25, -0.2) is 4.39 Å². The number of hydrogen-bond acceptors (Lipinski definition) is 3. The van der Waals surface area contributed by atoms with Crippen molar-refractivity contribution in [1.82, 2.24) is 0 Å². The van der Waals surface area contributed by atoms with E-state index in [1.165, 1.54) is 0 Å². The first-order chi connectivity index (χ1) is 7.39. The molecule has 1 aromatic rings. The van der Waals surface area contributed by atoms with Gasteiger partial charge in [0, 0.05) is 0 Å². The quantitative estimate of drug-likeness (QED) is 0.760. The Bertz CT molecular complexity index is 376. The summed E-state index contributed by atoms with van der Waals surface area (Å²) < 4.78 is 62.0. The zero-order chi connectivity index (χ0) is 12.3. The summed E-state index contributed by atoms with van der Waals surface area (Å²) in [4.78, 5) is 0. The van der Waals surface area contributed by atoms with Crippen molar-refractivity contribution in [3.05, 3.63) is 17.9 Å². The van der Waals surface area contributed by atoms with Crippen molar-refractivity contribution in [1.29, 1.82) is 0 Å². The van der Waals surface area contributed by atoms with E-state index in [-0.39, 0.29) is 5.75 Å². The number of rotatable bonds is 3. The summed E-state index contributed by atoms with van der Waals surface area (Å²) in [6.07, 6.45) is -4.95. The lowest BCUT2D eigenvalue weighted by atomic mass is 10.3. The molecule has 0 saturated carbocycles. The van der Waals surface area contributed by atoms with Crippen molar-refractivity contribution in [2.75, 3.05) is 14.2 Å². The fraction of sp³-hybridized carbons (Fsp3) is 0.333. The van der Waals surface area contributed by atoms with Crippen molar-refractivity contribution in [2.24, 2.45) is 0 Å². The van der Waals surface area contributed by atoms with Crippen LogP contribution in [0.15, 0.2) is 12.1 Å². The van der Waals surface area contributed by atoms with Crippen LogP contribution < -0.4 is 14.2 Å². The molecule has 0 atom stereocenters. The molecule has 0 fully saturated rings. The lowest BCUT2D eigenvalue weighted by Crippen LogP contribution is -2.18. The van der Waals surface area contributed by atoms with Gasteiger partial charge in [0.25, 0.3) is 0 Å². The van der Waals surface area contributed by atoms with E-state index in [0.717, 1.165) is 26.4 Å². The van der Waals surface area contributed by atoms with Crippen LogP contribution in [0, 0.1) is 5.82 Å². The van der Waals surface area contributed by atoms with Gasteiger partial charge < -0.3 is 14.2 Å². The largest absolute Gasteiger partial charge is 0.573 e. The third-order valence-electron chi connectivity index (χ3n) is 1.67. The molecule has 0 radical (unpaired) electrons. The van der Waals surface area contributed by atoms with Gasteiger partial charge in [0.2, 0.25) is 11.5 Å². The van der Waals surface area contributed by atoms with Crippen LogP contribution in [0.1, 0.15) is 0 Å². The minimum Gasteiger partial charge on any atom is -0.493 e. The maximum Gasteiger partial charge on any atom is 0.573 e. The minimum atomic E-state index is -4.95. The molecule has 3 nitrogen and oxygen atoms in total. The predicted octanol–water partition coefficient (Wildman–Crippen LogP) is 2.74. The summed E-state index contributed by atoms with van der Waals surface area (Å²) in [5.41, 5.74) is 0. The SMILES string of the molecule is COc1ccc(F)c(OC)c1OC(F)(F)F. The van der Waals surface area contributed by atoms with Crippen LogP contribution in [-0.2, 0) is 0 Å². The Morgan fingerprint density at radius 3 is 2.06 bits per heavy atom. The molecule has 7 heteroatoms. The Labute approximate surface area is 88.5 Å². The Balaban J connectivity index is 3.25. The van der Waals surface area contributed by atoms with E-state index in [9.17, 15) is 17.6 Å². The molecule has 1 aromatic carbocycles. The highest BCUT2D eigenvalue weighted by Crippen LogP contribution is 2.41. The molecule has 0 spiro atoms. The van der Waals surface area contributed by atoms with Gasteiger partial charge >= 0.3 is 6.36 Å². The first-order valence-corrected chi connectivity index (χ1v) is 4.05. The van der Waals surface area contributed by atoms with Crippen molar-refractivity contribution in [2.45, 2.75) is 6.36 Å². The maximum absolute atomic E-state index is 13.1. The molecule has 0 amide bonds. The van der Waals surface area contributed by atoms with Gasteiger partial charge in [-0.1, -0.05) is 0 Å². The van der Waals surface area contributed by atoms with E-state index in [0.29, 0.717) is 0 Å². The summed E-state index contributed by atoms with van der Waals surface area (Å²) >= 11 is 0. The third-order valence-corrected chi connectivity index (χ3v) is 1.67. The zero-order valence-corrected chi connectivity index (χ0v) is 8.39. The third kappa shape index (κ3) is 2.68. The van der Waals surface area contributed by atoms with E-state index in [1.54, 1.807) is 0 Å². The van der Waals surface area contributed by atoms with Crippen LogP contribution in [0.4, 0.5) is 17.6 Å². The normalized spacial score (nSPS) is 11.1. The Morgan fingerprint density at radius 2 is 1.62 bits per heavy atom. The van der Waals surface area contributed by atoms with Crippen molar-refractivity contribution < 1.29 is 31.8 Å². The fourth-order valence-corrected chi connectivity index (χ4v) is 1.08. The van der Waals surface area contributed by atoms with Crippen molar-refractivity contribution in [3.63, 3.8) is 0 Å². The molecule has 16 heavy (non-hydrogen) atoms. The predicted molar refractivity (Wildman–Crippen MR) is 46.2 cm³/mol. The average Bonchev–Trinajstić information content (AvgIpc) is 2.16. The van der Waals surface area contributed by atoms with Crippen LogP contribution in [-0.4, -0.2) is 20.6 Å². The number of hydrogen-bond donors (Lipinski definition) is 0. The van der Waals surface area contributed by atoms with Crippen LogP contribution in [0.2, 0.25) is 0 Å². The second kappa shape index (κ2) is 4.46. The van der Waals surface area contributed by atoms with Gasteiger partial charge in [0.15, 0.2) is 11.6 Å². The summed E-state index contributed by atoms with van der Waals surface area (Å²) in [5, 5.41) is 0. The number of benzene rings is 1. The molecule has 1 rings (SSSR count). The molecule has 0 aliphatic carbocycles. The standard InChI is InChI=1S/C9H8F4O3/c1-14-6-4-3-5(10)7(15-2)8(6)16-9(11,12)13/h3-4H,1-2H3. The van der Waals surface area contributed by atoms with E-state index in [1.807, 2.05) is 0 Å². The highest BCUT2D eigenvalue weighted by molar-refractivity contribution is 5.52. The topological polar surface area (TPSA) is 27.7 Å². The number of alkyl halides is 3. The van der Waals surface area contributed by atoms with E-state index >= 15 is 0 Å². The molecule has 0 aromatic heterocycles. The fourth-order valence-electron chi connectivity index (χ4n) is 1.08. The Kier molecular flexibility index (Phi) is 3.46. The Morgan fingerprint density at radius 1 is 1.00 bits per heavy atom. The Hall–Kier alpha value is -1.66. The summed E-state index contributed by atoms with van der Waals surface area (Å²) in [6, 6.07) is 1.93. The number of methoxy groups -OCH3 is 2. The molecule has 0 aliphatic rings. The van der Waals surface area contributed by atoms with Gasteiger partial charge in [-0.05, 0) is 12.1 Å². The number of halogens is 4. The highest BCUT2D eigenvalue weighted by Gasteiger charge is 2.35. The van der Waals surface area contributed by atoms with Gasteiger partial charge in [-0.2, -0.15) is 0 Å². The zero-order valence-electron chi connectivity index (χ0n) is 8.39. The maximum atomic E-state index is 13.1. The van der Waals surface area contributed by atoms with Gasteiger partial charge in [0.1, 0.15) is 0 Å². The monoisotopic (exact) mass is 240 g/mol. The highest BCUT2D eigenvalue weighted by atomic mass is 19.4. The van der Waals surface area contributed by atoms with Gasteiger partial charge in [-0.3, -0.25) is 0 Å². The first kappa shape index (κ1) is 12.4. The molecular formula is C9H8F4O3. The molecule has 90 valence electrons. The molecule has 0 heterocycles. The second-order valence-corrected chi connectivity index (χ2v) is 2.66. The minimum absolute atomic E-state index is 0.268. The molecule has 0 bridgehead atoms. The van der Waals surface area contributed by atoms with Crippen LogP contribution in [0.25, 0.3) is 0 Å². The molecule has 0 unspecified atom stereocenters. The summed E-state index contributed by atoms with van der Waals surface area (Å²) in [7, 11) is 2.16. The smallest absolute Gasteiger partial charge is 0.493 e. The van der Waals surface area contributed by atoms with Crippen LogP contribution in [0.3, 0.4) is 0 Å². The van der Waals surface area contributed by atoms with E-state index in [4.69, 9.17) is 0 Å².